The molecule has 2 aliphatic rings. The van der Waals surface area contributed by atoms with Crippen LogP contribution >= 0.6 is 0 Å². The van der Waals surface area contributed by atoms with Crippen LogP contribution in [0.4, 0.5) is 5.69 Å². The standard InChI is InChI=1S/C16H20N2/c17-11-10-16(8-9-16)13-18-12-4-3-6-14-5-1-2-7-15(14)18/h1-2,5,7H,3-4,6,8-10,12-13H2. The third-order valence-electron chi connectivity index (χ3n) is 4.39. The van der Waals surface area contributed by atoms with Gasteiger partial charge in [-0.25, -0.2) is 0 Å². The van der Waals surface area contributed by atoms with Gasteiger partial charge in [0.15, 0.2) is 0 Å². The van der Waals surface area contributed by atoms with Crippen molar-refractivity contribution in [2.45, 2.75) is 38.5 Å². The van der Waals surface area contributed by atoms with Crippen molar-refractivity contribution in [2.24, 2.45) is 5.41 Å². The fraction of sp³-hybridized carbons (Fsp3) is 0.562. The summed E-state index contributed by atoms with van der Waals surface area (Å²) in [6.45, 7) is 2.24. The van der Waals surface area contributed by atoms with Crippen molar-refractivity contribution in [3.63, 3.8) is 0 Å². The minimum atomic E-state index is 0.312. The molecule has 94 valence electrons. The average Bonchev–Trinajstić information content (AvgIpc) is 3.16. The number of nitriles is 1. The van der Waals surface area contributed by atoms with E-state index in [1.807, 2.05) is 0 Å². The van der Waals surface area contributed by atoms with Crippen molar-refractivity contribution < 1.29 is 0 Å². The van der Waals surface area contributed by atoms with E-state index in [1.54, 1.807) is 0 Å². The SMILES string of the molecule is N#CCC1(CN2CCCCc3ccccc32)CC1. The van der Waals surface area contributed by atoms with Gasteiger partial charge in [0.1, 0.15) is 0 Å². The molecule has 0 amide bonds. The first-order valence-electron chi connectivity index (χ1n) is 7.03. The van der Waals surface area contributed by atoms with Crippen LogP contribution in [0.25, 0.3) is 0 Å². The molecular weight excluding hydrogens is 220 g/mol. The van der Waals surface area contributed by atoms with E-state index in [4.69, 9.17) is 5.26 Å². The molecule has 1 aliphatic carbocycles. The summed E-state index contributed by atoms with van der Waals surface area (Å²) in [5.41, 5.74) is 3.22. The minimum Gasteiger partial charge on any atom is -0.371 e. The van der Waals surface area contributed by atoms with Crippen LogP contribution in [-0.4, -0.2) is 13.1 Å². The molecule has 0 unspecified atom stereocenters. The quantitative estimate of drug-likeness (QED) is 0.808. The number of aryl methyl sites for hydroxylation is 1. The highest BCUT2D eigenvalue weighted by Crippen LogP contribution is 2.50. The second kappa shape index (κ2) is 4.65. The Morgan fingerprint density at radius 3 is 2.83 bits per heavy atom. The summed E-state index contributed by atoms with van der Waals surface area (Å²) >= 11 is 0. The van der Waals surface area contributed by atoms with Gasteiger partial charge in [-0.1, -0.05) is 18.2 Å². The van der Waals surface area contributed by atoms with E-state index in [1.165, 1.54) is 43.4 Å². The van der Waals surface area contributed by atoms with Crippen LogP contribution in [0.5, 0.6) is 0 Å². The third-order valence-corrected chi connectivity index (χ3v) is 4.39. The zero-order valence-electron chi connectivity index (χ0n) is 10.9. The number of hydrogen-bond donors (Lipinski definition) is 0. The monoisotopic (exact) mass is 240 g/mol. The lowest BCUT2D eigenvalue weighted by atomic mass is 10.0. The highest BCUT2D eigenvalue weighted by molar-refractivity contribution is 5.54. The van der Waals surface area contributed by atoms with Crippen molar-refractivity contribution >= 4 is 5.69 Å². The molecule has 1 fully saturated rings. The number of rotatable bonds is 3. The summed E-state index contributed by atoms with van der Waals surface area (Å²) in [7, 11) is 0. The van der Waals surface area contributed by atoms with Gasteiger partial charge in [-0.2, -0.15) is 5.26 Å². The topological polar surface area (TPSA) is 27.0 Å². The molecule has 2 nitrogen and oxygen atoms in total. The fourth-order valence-corrected chi connectivity index (χ4v) is 3.07. The van der Waals surface area contributed by atoms with Gasteiger partial charge in [0, 0.05) is 30.6 Å². The maximum Gasteiger partial charge on any atom is 0.0628 e. The molecule has 0 radical (unpaired) electrons. The second-order valence-corrected chi connectivity index (χ2v) is 5.84. The van der Waals surface area contributed by atoms with Crippen molar-refractivity contribution in [1.82, 2.24) is 0 Å². The summed E-state index contributed by atoms with van der Waals surface area (Å²) in [6, 6.07) is 11.2. The molecule has 0 aromatic heterocycles. The van der Waals surface area contributed by atoms with E-state index in [0.29, 0.717) is 5.41 Å². The van der Waals surface area contributed by atoms with Crippen molar-refractivity contribution in [2.75, 3.05) is 18.0 Å². The molecule has 0 saturated heterocycles. The Bertz CT molecular complexity index is 468. The predicted octanol–water partition coefficient (Wildman–Crippen LogP) is 3.52. The van der Waals surface area contributed by atoms with E-state index < -0.39 is 0 Å². The Labute approximate surface area is 109 Å². The number of para-hydroxylation sites is 1. The summed E-state index contributed by atoms with van der Waals surface area (Å²) in [4.78, 5) is 2.53. The van der Waals surface area contributed by atoms with Crippen molar-refractivity contribution in [3.8, 4) is 6.07 Å². The van der Waals surface area contributed by atoms with Crippen LogP contribution in [0.1, 0.15) is 37.7 Å². The molecule has 0 atom stereocenters. The lowest BCUT2D eigenvalue weighted by molar-refractivity contribution is 0.506. The Hall–Kier alpha value is -1.49. The lowest BCUT2D eigenvalue weighted by Gasteiger charge is -2.28. The zero-order chi connectivity index (χ0) is 12.4. The van der Waals surface area contributed by atoms with E-state index >= 15 is 0 Å². The highest BCUT2D eigenvalue weighted by atomic mass is 15.1. The molecule has 1 aliphatic heterocycles. The molecule has 1 aromatic rings. The first-order valence-corrected chi connectivity index (χ1v) is 7.03. The number of hydrogen-bond acceptors (Lipinski definition) is 2. The van der Waals surface area contributed by atoms with Gasteiger partial charge in [0.25, 0.3) is 0 Å². The van der Waals surface area contributed by atoms with Gasteiger partial charge >= 0.3 is 0 Å². The molecular formula is C16H20N2. The van der Waals surface area contributed by atoms with Crippen molar-refractivity contribution in [3.05, 3.63) is 29.8 Å². The van der Waals surface area contributed by atoms with Gasteiger partial charge in [0.2, 0.25) is 0 Å². The zero-order valence-corrected chi connectivity index (χ0v) is 10.9. The molecule has 3 rings (SSSR count). The maximum absolute atomic E-state index is 8.95. The molecule has 1 aromatic carbocycles. The van der Waals surface area contributed by atoms with Gasteiger partial charge in [-0.05, 0) is 43.7 Å². The van der Waals surface area contributed by atoms with Crippen LogP contribution < -0.4 is 4.90 Å². The Morgan fingerprint density at radius 2 is 2.06 bits per heavy atom. The fourth-order valence-electron chi connectivity index (χ4n) is 3.07. The molecule has 1 saturated carbocycles. The first kappa shape index (κ1) is 11.6. The molecule has 18 heavy (non-hydrogen) atoms. The number of anilines is 1. The summed E-state index contributed by atoms with van der Waals surface area (Å²) in [5.74, 6) is 0. The van der Waals surface area contributed by atoms with E-state index in [2.05, 4.69) is 35.2 Å². The van der Waals surface area contributed by atoms with Crippen molar-refractivity contribution in [1.29, 1.82) is 5.26 Å². The highest BCUT2D eigenvalue weighted by Gasteiger charge is 2.44. The van der Waals surface area contributed by atoms with E-state index in [0.717, 1.165) is 19.5 Å². The number of nitrogens with zero attached hydrogens (tertiary/aromatic N) is 2. The molecule has 1 heterocycles. The van der Waals surface area contributed by atoms with E-state index in [-0.39, 0.29) is 0 Å². The Morgan fingerprint density at radius 1 is 1.22 bits per heavy atom. The van der Waals surface area contributed by atoms with Gasteiger partial charge in [-0.3, -0.25) is 0 Å². The molecule has 0 N–H and O–H groups in total. The summed E-state index contributed by atoms with van der Waals surface area (Å²) < 4.78 is 0. The summed E-state index contributed by atoms with van der Waals surface area (Å²) in [5, 5.41) is 8.95. The summed E-state index contributed by atoms with van der Waals surface area (Å²) in [6.07, 6.45) is 6.97. The normalized spacial score (nSPS) is 20.7. The first-order chi connectivity index (χ1) is 8.83. The number of benzene rings is 1. The maximum atomic E-state index is 8.95. The van der Waals surface area contributed by atoms with Crippen LogP contribution in [0.15, 0.2) is 24.3 Å². The third kappa shape index (κ3) is 2.22. The number of fused-ring (bicyclic) bond motifs is 1. The lowest BCUT2D eigenvalue weighted by Crippen LogP contribution is -2.31. The smallest absolute Gasteiger partial charge is 0.0628 e. The second-order valence-electron chi connectivity index (χ2n) is 5.84. The molecule has 2 heteroatoms. The molecule has 0 bridgehead atoms. The van der Waals surface area contributed by atoms with Gasteiger partial charge in [-0.15, -0.1) is 0 Å². The Balaban J connectivity index is 1.82. The molecule has 0 spiro atoms. The van der Waals surface area contributed by atoms with Crippen LogP contribution in [0, 0.1) is 16.7 Å². The predicted molar refractivity (Wildman–Crippen MR) is 73.5 cm³/mol. The Kier molecular flexibility index (Phi) is 2.99. The van der Waals surface area contributed by atoms with E-state index in [9.17, 15) is 0 Å². The minimum absolute atomic E-state index is 0.312. The largest absolute Gasteiger partial charge is 0.371 e. The van der Waals surface area contributed by atoms with Crippen LogP contribution in [-0.2, 0) is 6.42 Å². The van der Waals surface area contributed by atoms with Gasteiger partial charge < -0.3 is 4.90 Å². The van der Waals surface area contributed by atoms with Crippen LogP contribution in [0.2, 0.25) is 0 Å². The van der Waals surface area contributed by atoms with Gasteiger partial charge in [0.05, 0.1) is 6.07 Å². The average molecular weight is 240 g/mol. The van der Waals surface area contributed by atoms with Crippen LogP contribution in [0.3, 0.4) is 0 Å².